The van der Waals surface area contributed by atoms with Crippen molar-refractivity contribution >= 4 is 36.8 Å². The SMILES string of the molecule is O=S1(=O)CCC(S(=O)(=O)NC2CCC(CCCc3nc(N4CCOCC4)nc(-n4c(C(F)F)nc5ccccc54)n3)CC2)C1. The summed E-state index contributed by atoms with van der Waals surface area (Å²) in [4.78, 5) is 20.1. The van der Waals surface area contributed by atoms with E-state index in [4.69, 9.17) is 9.72 Å². The number of alkyl halides is 2. The molecule has 44 heavy (non-hydrogen) atoms. The summed E-state index contributed by atoms with van der Waals surface area (Å²) in [6, 6.07) is 6.73. The van der Waals surface area contributed by atoms with Gasteiger partial charge < -0.3 is 9.64 Å². The molecular formula is C28H37F2N7O5S2. The summed E-state index contributed by atoms with van der Waals surface area (Å²) in [7, 11) is -6.96. The Morgan fingerprint density at radius 1 is 0.977 bits per heavy atom. The molecule has 2 aromatic heterocycles. The Balaban J connectivity index is 1.12. The fourth-order valence-electron chi connectivity index (χ4n) is 6.37. The van der Waals surface area contributed by atoms with Crippen LogP contribution in [0.4, 0.5) is 14.7 Å². The first-order valence-corrected chi connectivity index (χ1v) is 18.5. The number of nitrogens with one attached hydrogen (secondary N) is 1. The van der Waals surface area contributed by atoms with Crippen LogP contribution < -0.4 is 9.62 Å². The molecule has 0 spiro atoms. The van der Waals surface area contributed by atoms with Gasteiger partial charge in [-0.15, -0.1) is 0 Å². The number of hydrogen-bond acceptors (Lipinski definition) is 10. The van der Waals surface area contributed by atoms with Crippen molar-refractivity contribution in [2.24, 2.45) is 5.92 Å². The van der Waals surface area contributed by atoms with E-state index in [0.717, 1.165) is 25.7 Å². The topological polar surface area (TPSA) is 149 Å². The minimum absolute atomic E-state index is 0.0752. The largest absolute Gasteiger partial charge is 0.378 e. The number of hydrogen-bond donors (Lipinski definition) is 1. The monoisotopic (exact) mass is 653 g/mol. The minimum atomic E-state index is -3.68. The van der Waals surface area contributed by atoms with E-state index >= 15 is 0 Å². The molecule has 0 bridgehead atoms. The molecule has 240 valence electrons. The Labute approximate surface area is 255 Å². The number of nitrogens with zero attached hydrogens (tertiary/aromatic N) is 6. The fourth-order valence-corrected chi connectivity index (χ4v) is 10.7. The fraction of sp³-hybridized carbons (Fsp3) is 0.643. The number of imidazole rings is 1. The zero-order chi connectivity index (χ0) is 30.9. The second-order valence-corrected chi connectivity index (χ2v) is 16.1. The molecule has 0 amide bonds. The van der Waals surface area contributed by atoms with Crippen LogP contribution >= 0.6 is 0 Å². The van der Waals surface area contributed by atoms with Crippen LogP contribution in [-0.2, 0) is 31.0 Å². The molecule has 1 unspecified atom stereocenters. The smallest absolute Gasteiger partial charge is 0.296 e. The molecule has 12 nitrogen and oxygen atoms in total. The van der Waals surface area contributed by atoms with E-state index in [-0.39, 0.29) is 29.9 Å². The van der Waals surface area contributed by atoms with Crippen molar-refractivity contribution < 1.29 is 30.4 Å². The van der Waals surface area contributed by atoms with E-state index in [1.807, 2.05) is 4.90 Å². The summed E-state index contributed by atoms with van der Waals surface area (Å²) < 4.78 is 86.7. The lowest BCUT2D eigenvalue weighted by atomic mass is 9.83. The van der Waals surface area contributed by atoms with Gasteiger partial charge in [0, 0.05) is 25.6 Å². The van der Waals surface area contributed by atoms with Crippen LogP contribution in [0.5, 0.6) is 0 Å². The second-order valence-electron chi connectivity index (χ2n) is 11.8. The summed E-state index contributed by atoms with van der Waals surface area (Å²) in [5, 5.41) is -0.866. The van der Waals surface area contributed by atoms with Crippen LogP contribution in [0.3, 0.4) is 0 Å². The third kappa shape index (κ3) is 7.02. The van der Waals surface area contributed by atoms with Gasteiger partial charge in [0.1, 0.15) is 5.82 Å². The van der Waals surface area contributed by atoms with E-state index in [0.29, 0.717) is 74.3 Å². The van der Waals surface area contributed by atoms with E-state index in [9.17, 15) is 25.6 Å². The molecular weight excluding hydrogens is 616 g/mol. The highest BCUT2D eigenvalue weighted by molar-refractivity contribution is 7.95. The van der Waals surface area contributed by atoms with E-state index in [1.165, 1.54) is 4.57 Å². The van der Waals surface area contributed by atoms with Crippen molar-refractivity contribution in [3.05, 3.63) is 35.9 Å². The molecule has 1 atom stereocenters. The van der Waals surface area contributed by atoms with Gasteiger partial charge in [0.25, 0.3) is 6.43 Å². The Morgan fingerprint density at radius 2 is 1.70 bits per heavy atom. The number of rotatable bonds is 10. The number of para-hydroxylation sites is 2. The molecule has 0 radical (unpaired) electrons. The van der Waals surface area contributed by atoms with Gasteiger partial charge in [0.05, 0.1) is 41.0 Å². The van der Waals surface area contributed by atoms with Gasteiger partial charge in [-0.25, -0.2) is 35.3 Å². The van der Waals surface area contributed by atoms with Crippen LogP contribution in [-0.4, -0.2) is 90.4 Å². The van der Waals surface area contributed by atoms with Gasteiger partial charge in [0.15, 0.2) is 15.7 Å². The lowest BCUT2D eigenvalue weighted by Crippen LogP contribution is -2.43. The standard InChI is InChI=1S/C28H37F2N7O5S2/c29-25(30)26-31-22-5-1-2-6-23(22)37(26)28-33-24(32-27(34-28)36-13-15-42-16-14-36)7-3-4-19-8-10-20(11-9-19)35-44(40,41)21-12-17-43(38,39)18-21/h1-2,5-6,19-21,25,35H,3-4,7-18H2. The van der Waals surface area contributed by atoms with Gasteiger partial charge >= 0.3 is 0 Å². The number of sulfonamides is 1. The van der Waals surface area contributed by atoms with Gasteiger partial charge in [-0.1, -0.05) is 18.6 Å². The molecule has 16 heteroatoms. The molecule has 1 aliphatic carbocycles. The molecule has 1 N–H and O–H groups in total. The highest BCUT2D eigenvalue weighted by Gasteiger charge is 2.38. The first-order valence-electron chi connectivity index (χ1n) is 15.1. The Morgan fingerprint density at radius 3 is 2.41 bits per heavy atom. The zero-order valence-electron chi connectivity index (χ0n) is 24.3. The molecule has 3 aliphatic rings. The normalized spacial score (nSPS) is 24.3. The predicted octanol–water partition coefficient (Wildman–Crippen LogP) is 2.97. The summed E-state index contributed by atoms with van der Waals surface area (Å²) in [5.41, 5.74) is 0.929. The lowest BCUT2D eigenvalue weighted by Gasteiger charge is -2.29. The van der Waals surface area contributed by atoms with Gasteiger partial charge in [-0.05, 0) is 56.6 Å². The maximum atomic E-state index is 14.1. The van der Waals surface area contributed by atoms with Crippen molar-refractivity contribution in [1.29, 1.82) is 0 Å². The van der Waals surface area contributed by atoms with Gasteiger partial charge in [-0.3, -0.25) is 4.57 Å². The number of sulfone groups is 1. The molecule has 3 fully saturated rings. The summed E-state index contributed by atoms with van der Waals surface area (Å²) >= 11 is 0. The Kier molecular flexibility index (Phi) is 9.13. The maximum absolute atomic E-state index is 14.1. The third-order valence-corrected chi connectivity index (χ3v) is 12.7. The van der Waals surface area contributed by atoms with Crippen LogP contribution in [0.2, 0.25) is 0 Å². The first kappa shape index (κ1) is 31.2. The van der Waals surface area contributed by atoms with Crippen LogP contribution in [0, 0.1) is 5.92 Å². The number of morpholine rings is 1. The van der Waals surface area contributed by atoms with E-state index in [2.05, 4.69) is 19.7 Å². The number of aromatic nitrogens is 5. The maximum Gasteiger partial charge on any atom is 0.296 e. The van der Waals surface area contributed by atoms with Gasteiger partial charge in [-0.2, -0.15) is 15.0 Å². The second kappa shape index (κ2) is 12.9. The van der Waals surface area contributed by atoms with Crippen molar-refractivity contribution in [3.63, 3.8) is 0 Å². The highest BCUT2D eigenvalue weighted by Crippen LogP contribution is 2.31. The van der Waals surface area contributed by atoms with Crippen LogP contribution in [0.25, 0.3) is 17.0 Å². The molecule has 1 aromatic carbocycles. The lowest BCUT2D eigenvalue weighted by molar-refractivity contribution is 0.122. The molecule has 2 saturated heterocycles. The average Bonchev–Trinajstić information content (AvgIpc) is 3.59. The van der Waals surface area contributed by atoms with Crippen molar-refractivity contribution in [3.8, 4) is 5.95 Å². The summed E-state index contributed by atoms with van der Waals surface area (Å²) in [5.74, 6) is 0.669. The molecule has 1 saturated carbocycles. The van der Waals surface area contributed by atoms with Gasteiger partial charge in [0.2, 0.25) is 21.9 Å². The number of aryl methyl sites for hydroxylation is 1. The number of ether oxygens (including phenoxy) is 1. The molecule has 4 heterocycles. The van der Waals surface area contributed by atoms with Crippen LogP contribution in [0.1, 0.15) is 63.0 Å². The zero-order valence-corrected chi connectivity index (χ0v) is 25.9. The third-order valence-electron chi connectivity index (χ3n) is 8.75. The summed E-state index contributed by atoms with van der Waals surface area (Å²) in [6.07, 6.45) is 2.65. The number of fused-ring (bicyclic) bond motifs is 1. The molecule has 6 rings (SSSR count). The van der Waals surface area contributed by atoms with Crippen molar-refractivity contribution in [2.45, 2.75) is 69.1 Å². The van der Waals surface area contributed by atoms with Crippen LogP contribution in [0.15, 0.2) is 24.3 Å². The Bertz CT molecular complexity index is 1690. The van der Waals surface area contributed by atoms with Crippen molar-refractivity contribution in [1.82, 2.24) is 29.2 Å². The first-order chi connectivity index (χ1) is 21.1. The molecule has 3 aromatic rings. The predicted molar refractivity (Wildman–Crippen MR) is 160 cm³/mol. The minimum Gasteiger partial charge on any atom is -0.378 e. The number of benzene rings is 1. The van der Waals surface area contributed by atoms with E-state index in [1.54, 1.807) is 24.3 Å². The van der Waals surface area contributed by atoms with Crippen molar-refractivity contribution in [2.75, 3.05) is 42.7 Å². The number of anilines is 1. The Hall–Kier alpha value is -2.82. The highest BCUT2D eigenvalue weighted by atomic mass is 32.2. The molecule has 2 aliphatic heterocycles. The average molecular weight is 654 g/mol. The quantitative estimate of drug-likeness (QED) is 0.346. The number of halogens is 2. The summed E-state index contributed by atoms with van der Waals surface area (Å²) in [6.45, 7) is 2.20. The van der Waals surface area contributed by atoms with E-state index < -0.39 is 37.4 Å².